The summed E-state index contributed by atoms with van der Waals surface area (Å²) in [5, 5.41) is 3.09. The molecule has 0 atom stereocenters. The highest BCUT2D eigenvalue weighted by Gasteiger charge is 2.17. The van der Waals surface area contributed by atoms with Gasteiger partial charge in [-0.3, -0.25) is 9.69 Å². The van der Waals surface area contributed by atoms with Crippen LogP contribution in [0.5, 0.6) is 0 Å². The lowest BCUT2D eigenvalue weighted by Crippen LogP contribution is -2.42. The molecule has 1 N–H and O–H groups in total. The Morgan fingerprint density at radius 2 is 1.68 bits per heavy atom. The fourth-order valence-electron chi connectivity index (χ4n) is 3.16. The molecule has 0 spiro atoms. The summed E-state index contributed by atoms with van der Waals surface area (Å²) in [6.45, 7) is 10.6. The van der Waals surface area contributed by atoms with Crippen LogP contribution in [0.4, 0.5) is 0 Å². The van der Waals surface area contributed by atoms with Gasteiger partial charge in [0.05, 0.1) is 0 Å². The predicted molar refractivity (Wildman–Crippen MR) is 81.2 cm³/mol. The minimum atomic E-state index is 0.249. The van der Waals surface area contributed by atoms with Gasteiger partial charge in [-0.1, -0.05) is 19.3 Å². The van der Waals surface area contributed by atoms with E-state index in [0.717, 1.165) is 19.5 Å². The molecule has 1 aliphatic rings. The fraction of sp³-hybridized carbons (Fsp3) is 0.938. The average Bonchev–Trinajstić information content (AvgIpc) is 2.34. The Labute approximate surface area is 119 Å². The van der Waals surface area contributed by atoms with E-state index in [1.54, 1.807) is 0 Å². The summed E-state index contributed by atoms with van der Waals surface area (Å²) in [7, 11) is 0. The molecule has 1 fully saturated rings. The van der Waals surface area contributed by atoms with Crippen LogP contribution in [0.15, 0.2) is 0 Å². The van der Waals surface area contributed by atoms with Crippen LogP contribution in [0.1, 0.15) is 66.2 Å². The highest BCUT2D eigenvalue weighted by atomic mass is 16.1. The third-order valence-corrected chi connectivity index (χ3v) is 4.22. The first-order valence-corrected chi connectivity index (χ1v) is 8.03. The van der Waals surface area contributed by atoms with Gasteiger partial charge in [-0.2, -0.15) is 0 Å². The van der Waals surface area contributed by atoms with Gasteiger partial charge in [0.2, 0.25) is 5.91 Å². The summed E-state index contributed by atoms with van der Waals surface area (Å²) < 4.78 is 0. The van der Waals surface area contributed by atoms with Gasteiger partial charge in [-0.25, -0.2) is 0 Å². The van der Waals surface area contributed by atoms with Crippen LogP contribution in [0.25, 0.3) is 0 Å². The van der Waals surface area contributed by atoms with E-state index in [0.29, 0.717) is 18.0 Å². The van der Waals surface area contributed by atoms with Crippen molar-refractivity contribution in [3.63, 3.8) is 0 Å². The lowest BCUT2D eigenvalue weighted by molar-refractivity contribution is -0.122. The highest BCUT2D eigenvalue weighted by molar-refractivity contribution is 5.76. The molecule has 0 bridgehead atoms. The number of rotatable bonds is 7. The SMILES string of the molecule is CC(C)N(CCNC(=O)CC1CCCCC1)C(C)C. The van der Waals surface area contributed by atoms with Crippen molar-refractivity contribution in [2.75, 3.05) is 13.1 Å². The molecule has 3 nitrogen and oxygen atoms in total. The van der Waals surface area contributed by atoms with Crippen LogP contribution in [-0.2, 0) is 4.79 Å². The smallest absolute Gasteiger partial charge is 0.220 e. The van der Waals surface area contributed by atoms with Gasteiger partial charge < -0.3 is 5.32 Å². The lowest BCUT2D eigenvalue weighted by atomic mass is 9.87. The maximum atomic E-state index is 11.9. The number of hydrogen-bond acceptors (Lipinski definition) is 2. The first kappa shape index (κ1) is 16.5. The van der Waals surface area contributed by atoms with Gasteiger partial charge >= 0.3 is 0 Å². The predicted octanol–water partition coefficient (Wildman–Crippen LogP) is 3.19. The van der Waals surface area contributed by atoms with Crippen LogP contribution in [0.2, 0.25) is 0 Å². The van der Waals surface area contributed by atoms with E-state index < -0.39 is 0 Å². The molecule has 0 radical (unpaired) electrons. The zero-order chi connectivity index (χ0) is 14.3. The molecular formula is C16H32N2O. The van der Waals surface area contributed by atoms with Crippen molar-refractivity contribution < 1.29 is 4.79 Å². The molecule has 0 aromatic rings. The Kier molecular flexibility index (Phi) is 7.44. The van der Waals surface area contributed by atoms with Crippen molar-refractivity contribution in [1.29, 1.82) is 0 Å². The van der Waals surface area contributed by atoms with E-state index in [-0.39, 0.29) is 5.91 Å². The Hall–Kier alpha value is -0.570. The Morgan fingerprint density at radius 3 is 2.21 bits per heavy atom. The van der Waals surface area contributed by atoms with Gasteiger partial charge in [0.25, 0.3) is 0 Å². The fourth-order valence-corrected chi connectivity index (χ4v) is 3.16. The van der Waals surface area contributed by atoms with Gasteiger partial charge in [-0.05, 0) is 46.5 Å². The third kappa shape index (κ3) is 6.42. The normalized spacial score (nSPS) is 17.4. The van der Waals surface area contributed by atoms with Crippen molar-refractivity contribution in [2.24, 2.45) is 5.92 Å². The molecule has 0 unspecified atom stereocenters. The van der Waals surface area contributed by atoms with Gasteiger partial charge in [0, 0.05) is 31.6 Å². The van der Waals surface area contributed by atoms with E-state index in [9.17, 15) is 4.79 Å². The van der Waals surface area contributed by atoms with Gasteiger partial charge in [0.15, 0.2) is 0 Å². The summed E-state index contributed by atoms with van der Waals surface area (Å²) >= 11 is 0. The molecule has 19 heavy (non-hydrogen) atoms. The van der Waals surface area contributed by atoms with Crippen molar-refractivity contribution in [1.82, 2.24) is 10.2 Å². The van der Waals surface area contributed by atoms with E-state index in [1.165, 1.54) is 32.1 Å². The third-order valence-electron chi connectivity index (χ3n) is 4.22. The van der Waals surface area contributed by atoms with Crippen LogP contribution >= 0.6 is 0 Å². The van der Waals surface area contributed by atoms with Crippen LogP contribution < -0.4 is 5.32 Å². The number of nitrogens with one attached hydrogen (secondary N) is 1. The molecule has 1 amide bonds. The number of nitrogens with zero attached hydrogens (tertiary/aromatic N) is 1. The molecule has 1 saturated carbocycles. The zero-order valence-corrected chi connectivity index (χ0v) is 13.2. The maximum absolute atomic E-state index is 11.9. The molecule has 0 heterocycles. The second kappa shape index (κ2) is 8.57. The molecule has 0 saturated heterocycles. The van der Waals surface area contributed by atoms with Gasteiger partial charge in [0.1, 0.15) is 0 Å². The number of carbonyl (C=O) groups is 1. The van der Waals surface area contributed by atoms with Crippen molar-refractivity contribution in [2.45, 2.75) is 78.3 Å². The van der Waals surface area contributed by atoms with Gasteiger partial charge in [-0.15, -0.1) is 0 Å². The standard InChI is InChI=1S/C16H32N2O/c1-13(2)18(14(3)4)11-10-17-16(19)12-15-8-6-5-7-9-15/h13-15H,5-12H2,1-4H3,(H,17,19). The molecule has 1 rings (SSSR count). The summed E-state index contributed by atoms with van der Waals surface area (Å²) in [6.07, 6.45) is 7.22. The second-order valence-corrected chi connectivity index (χ2v) is 6.48. The maximum Gasteiger partial charge on any atom is 0.220 e. The first-order valence-electron chi connectivity index (χ1n) is 8.03. The van der Waals surface area contributed by atoms with Crippen LogP contribution in [0.3, 0.4) is 0 Å². The van der Waals surface area contributed by atoms with E-state index in [4.69, 9.17) is 0 Å². The molecular weight excluding hydrogens is 236 g/mol. The molecule has 0 aromatic heterocycles. The van der Waals surface area contributed by atoms with E-state index in [2.05, 4.69) is 37.9 Å². The molecule has 0 aromatic carbocycles. The Bertz CT molecular complexity index is 249. The Morgan fingerprint density at radius 1 is 1.11 bits per heavy atom. The van der Waals surface area contributed by atoms with E-state index in [1.807, 2.05) is 0 Å². The minimum Gasteiger partial charge on any atom is -0.355 e. The number of amides is 1. The van der Waals surface area contributed by atoms with E-state index >= 15 is 0 Å². The van der Waals surface area contributed by atoms with Crippen molar-refractivity contribution in [3.05, 3.63) is 0 Å². The highest BCUT2D eigenvalue weighted by Crippen LogP contribution is 2.25. The van der Waals surface area contributed by atoms with Crippen molar-refractivity contribution in [3.8, 4) is 0 Å². The topological polar surface area (TPSA) is 32.3 Å². The molecule has 3 heteroatoms. The Balaban J connectivity index is 2.18. The largest absolute Gasteiger partial charge is 0.355 e. The van der Waals surface area contributed by atoms with Crippen molar-refractivity contribution >= 4 is 5.91 Å². The quantitative estimate of drug-likeness (QED) is 0.769. The molecule has 0 aliphatic heterocycles. The minimum absolute atomic E-state index is 0.249. The number of hydrogen-bond donors (Lipinski definition) is 1. The summed E-state index contributed by atoms with van der Waals surface area (Å²) in [5.41, 5.74) is 0. The average molecular weight is 268 g/mol. The second-order valence-electron chi connectivity index (χ2n) is 6.48. The number of carbonyl (C=O) groups excluding carboxylic acids is 1. The lowest BCUT2D eigenvalue weighted by Gasteiger charge is -2.30. The molecule has 1 aliphatic carbocycles. The zero-order valence-electron chi connectivity index (χ0n) is 13.2. The van der Waals surface area contributed by atoms with Crippen LogP contribution in [-0.4, -0.2) is 36.0 Å². The summed E-state index contributed by atoms with van der Waals surface area (Å²) in [4.78, 5) is 14.3. The first-order chi connectivity index (χ1) is 9.00. The summed E-state index contributed by atoms with van der Waals surface area (Å²) in [5.74, 6) is 0.888. The molecule has 112 valence electrons. The monoisotopic (exact) mass is 268 g/mol. The summed E-state index contributed by atoms with van der Waals surface area (Å²) in [6, 6.07) is 1.07. The van der Waals surface area contributed by atoms with Crippen LogP contribution in [0, 0.1) is 5.92 Å².